The maximum Gasteiger partial charge on any atom is 0.419 e. The lowest BCUT2D eigenvalue weighted by Gasteiger charge is -2.11. The highest BCUT2D eigenvalue weighted by molar-refractivity contribution is 7.92. The first kappa shape index (κ1) is 16.8. The molecule has 132 valence electrons. The van der Waals surface area contributed by atoms with Crippen molar-refractivity contribution in [2.24, 2.45) is 7.05 Å². The number of hydrogen-bond donors (Lipinski definition) is 1. The second-order valence-corrected chi connectivity index (χ2v) is 6.62. The molecule has 0 aliphatic carbocycles. The summed E-state index contributed by atoms with van der Waals surface area (Å²) in [5.41, 5.74) is 0.687. The highest BCUT2D eigenvalue weighted by atomic mass is 32.2. The number of rotatable bonds is 5. The first-order chi connectivity index (χ1) is 11.9. The molecule has 0 atom stereocenters. The van der Waals surface area contributed by atoms with Crippen LogP contribution in [0.5, 0.6) is 11.9 Å². The van der Waals surface area contributed by atoms with Crippen LogP contribution in [0, 0.1) is 0 Å². The predicted molar refractivity (Wildman–Crippen MR) is 87.4 cm³/mol. The van der Waals surface area contributed by atoms with Crippen LogP contribution in [0.3, 0.4) is 0 Å². The lowest BCUT2D eigenvalue weighted by molar-refractivity contribution is 0.353. The Morgan fingerprint density at radius 1 is 1.24 bits per heavy atom. The number of ether oxygens (including phenoxy) is 2. The van der Waals surface area contributed by atoms with Gasteiger partial charge in [0.1, 0.15) is 5.69 Å². The molecule has 1 aromatic carbocycles. The molecule has 3 aromatic rings. The van der Waals surface area contributed by atoms with E-state index in [-0.39, 0.29) is 28.1 Å². The van der Waals surface area contributed by atoms with Gasteiger partial charge in [-0.05, 0) is 18.2 Å². The van der Waals surface area contributed by atoms with E-state index < -0.39 is 15.8 Å². The molecule has 0 aliphatic heterocycles. The van der Waals surface area contributed by atoms with Crippen molar-refractivity contribution in [3.05, 3.63) is 34.9 Å². The number of methoxy groups -OCH3 is 2. The summed E-state index contributed by atoms with van der Waals surface area (Å²) in [7, 11) is 0.230. The van der Waals surface area contributed by atoms with Crippen molar-refractivity contribution in [2.45, 2.75) is 4.90 Å². The number of benzene rings is 1. The number of oxazole rings is 1. The molecule has 1 N–H and O–H groups in total. The van der Waals surface area contributed by atoms with Crippen molar-refractivity contribution in [1.82, 2.24) is 14.5 Å². The van der Waals surface area contributed by atoms with E-state index in [1.807, 2.05) is 0 Å². The van der Waals surface area contributed by atoms with E-state index in [9.17, 15) is 13.2 Å². The van der Waals surface area contributed by atoms with Gasteiger partial charge in [0.05, 0.1) is 30.8 Å². The average molecular weight is 366 g/mol. The van der Waals surface area contributed by atoms with E-state index in [1.165, 1.54) is 50.2 Å². The third kappa shape index (κ3) is 3.01. The van der Waals surface area contributed by atoms with E-state index in [2.05, 4.69) is 14.7 Å². The van der Waals surface area contributed by atoms with Gasteiger partial charge in [-0.25, -0.2) is 18.2 Å². The molecular formula is C14H14N4O6S. The highest BCUT2D eigenvalue weighted by Gasteiger charge is 2.20. The SMILES string of the molecule is COc1ncc(NS(=O)(=O)c2ccc3oc(=O)n(C)c3c2)c(OC)n1. The molecule has 0 radical (unpaired) electrons. The molecule has 11 heteroatoms. The summed E-state index contributed by atoms with van der Waals surface area (Å²) in [6.45, 7) is 0. The van der Waals surface area contributed by atoms with Crippen molar-refractivity contribution in [3.63, 3.8) is 0 Å². The monoisotopic (exact) mass is 366 g/mol. The third-order valence-corrected chi connectivity index (χ3v) is 4.79. The zero-order valence-electron chi connectivity index (χ0n) is 13.5. The lowest BCUT2D eigenvalue weighted by atomic mass is 10.3. The minimum Gasteiger partial charge on any atom is -0.479 e. The van der Waals surface area contributed by atoms with E-state index in [0.717, 1.165) is 0 Å². The maximum absolute atomic E-state index is 12.6. The Morgan fingerprint density at radius 3 is 2.68 bits per heavy atom. The van der Waals surface area contributed by atoms with Crippen LogP contribution in [0.25, 0.3) is 11.1 Å². The van der Waals surface area contributed by atoms with E-state index in [1.54, 1.807) is 0 Å². The Morgan fingerprint density at radius 2 is 2.00 bits per heavy atom. The second kappa shape index (κ2) is 6.09. The van der Waals surface area contributed by atoms with Crippen molar-refractivity contribution in [2.75, 3.05) is 18.9 Å². The highest BCUT2D eigenvalue weighted by Crippen LogP contribution is 2.26. The molecule has 0 saturated heterocycles. The second-order valence-electron chi connectivity index (χ2n) is 4.94. The Hall–Kier alpha value is -3.08. The predicted octanol–water partition coefficient (Wildman–Crippen LogP) is 0.739. The maximum atomic E-state index is 12.6. The summed E-state index contributed by atoms with van der Waals surface area (Å²) in [6, 6.07) is 4.10. The summed E-state index contributed by atoms with van der Waals surface area (Å²) in [5, 5.41) is 0. The van der Waals surface area contributed by atoms with Gasteiger partial charge in [0, 0.05) is 7.05 Å². The van der Waals surface area contributed by atoms with Gasteiger partial charge >= 0.3 is 11.8 Å². The zero-order chi connectivity index (χ0) is 18.2. The van der Waals surface area contributed by atoms with Crippen LogP contribution in [-0.4, -0.2) is 37.2 Å². The van der Waals surface area contributed by atoms with Crippen LogP contribution in [0.2, 0.25) is 0 Å². The van der Waals surface area contributed by atoms with Gasteiger partial charge in [-0.1, -0.05) is 0 Å². The number of fused-ring (bicyclic) bond motifs is 1. The number of sulfonamides is 1. The van der Waals surface area contributed by atoms with E-state index in [0.29, 0.717) is 5.52 Å². The summed E-state index contributed by atoms with van der Waals surface area (Å²) in [4.78, 5) is 19.2. The molecule has 0 bridgehead atoms. The van der Waals surface area contributed by atoms with Gasteiger partial charge in [0.25, 0.3) is 10.0 Å². The van der Waals surface area contributed by atoms with E-state index >= 15 is 0 Å². The van der Waals surface area contributed by atoms with Gasteiger partial charge in [-0.15, -0.1) is 0 Å². The molecular weight excluding hydrogens is 352 g/mol. The van der Waals surface area contributed by atoms with Gasteiger partial charge < -0.3 is 13.9 Å². The summed E-state index contributed by atoms with van der Waals surface area (Å²) in [6.07, 6.45) is 1.23. The fourth-order valence-electron chi connectivity index (χ4n) is 2.15. The third-order valence-electron chi connectivity index (χ3n) is 3.43. The number of aromatic nitrogens is 3. The normalized spacial score (nSPS) is 11.5. The number of nitrogens with zero attached hydrogens (tertiary/aromatic N) is 3. The van der Waals surface area contributed by atoms with E-state index in [4.69, 9.17) is 13.9 Å². The first-order valence-electron chi connectivity index (χ1n) is 6.93. The van der Waals surface area contributed by atoms with Gasteiger partial charge in [-0.3, -0.25) is 9.29 Å². The zero-order valence-corrected chi connectivity index (χ0v) is 14.3. The molecule has 2 aromatic heterocycles. The van der Waals surface area contributed by atoms with Crippen molar-refractivity contribution in [1.29, 1.82) is 0 Å². The fourth-order valence-corrected chi connectivity index (χ4v) is 3.21. The van der Waals surface area contributed by atoms with Crippen molar-refractivity contribution >= 4 is 26.8 Å². The van der Waals surface area contributed by atoms with Crippen LogP contribution < -0.4 is 20.0 Å². The number of hydrogen-bond acceptors (Lipinski definition) is 8. The number of nitrogens with one attached hydrogen (secondary N) is 1. The minimum absolute atomic E-state index is 0.00668. The lowest BCUT2D eigenvalue weighted by Crippen LogP contribution is -2.15. The molecule has 10 nitrogen and oxygen atoms in total. The van der Waals surface area contributed by atoms with Gasteiger partial charge in [0.15, 0.2) is 5.58 Å². The summed E-state index contributed by atoms with van der Waals surface area (Å²) in [5.74, 6) is -0.574. The molecule has 25 heavy (non-hydrogen) atoms. The van der Waals surface area contributed by atoms with Crippen LogP contribution in [-0.2, 0) is 17.1 Å². The summed E-state index contributed by atoms with van der Waals surface area (Å²) >= 11 is 0. The van der Waals surface area contributed by atoms with Crippen molar-refractivity contribution < 1.29 is 22.3 Å². The quantitative estimate of drug-likeness (QED) is 0.701. The smallest absolute Gasteiger partial charge is 0.419 e. The Bertz CT molecular complexity index is 1100. The Labute approximate surface area is 142 Å². The van der Waals surface area contributed by atoms with Crippen LogP contribution >= 0.6 is 0 Å². The minimum atomic E-state index is -3.97. The van der Waals surface area contributed by atoms with Crippen LogP contribution in [0.1, 0.15) is 0 Å². The van der Waals surface area contributed by atoms with Crippen LogP contribution in [0.4, 0.5) is 5.69 Å². The molecule has 3 rings (SSSR count). The number of anilines is 1. The average Bonchev–Trinajstić information content (AvgIpc) is 2.89. The molecule has 0 unspecified atom stereocenters. The van der Waals surface area contributed by atoms with Crippen molar-refractivity contribution in [3.8, 4) is 11.9 Å². The molecule has 0 fully saturated rings. The molecule has 0 amide bonds. The topological polar surface area (TPSA) is 126 Å². The Kier molecular flexibility index (Phi) is 4.08. The molecule has 2 heterocycles. The summed E-state index contributed by atoms with van der Waals surface area (Å²) < 4.78 is 43.7. The largest absolute Gasteiger partial charge is 0.479 e. The molecule has 0 aliphatic rings. The van der Waals surface area contributed by atoms with Gasteiger partial charge in [0.2, 0.25) is 5.88 Å². The first-order valence-corrected chi connectivity index (χ1v) is 8.41. The molecule has 0 saturated carbocycles. The Balaban J connectivity index is 2.02. The standard InChI is InChI=1S/C14H14N4O6S/c1-18-10-6-8(4-5-11(10)24-14(18)19)25(20,21)17-9-7-15-13(23-3)16-12(9)22-2/h4-7,17H,1-3H3. The van der Waals surface area contributed by atoms with Crippen LogP contribution in [0.15, 0.2) is 38.5 Å². The van der Waals surface area contributed by atoms with Gasteiger partial charge in [-0.2, -0.15) is 4.98 Å². The molecule has 0 spiro atoms. The number of aryl methyl sites for hydroxylation is 1. The fraction of sp³-hybridized carbons (Fsp3) is 0.214.